The van der Waals surface area contributed by atoms with E-state index in [4.69, 9.17) is 4.74 Å². The average molecular weight is 376 g/mol. The molecule has 0 unspecified atom stereocenters. The van der Waals surface area contributed by atoms with E-state index in [1.54, 1.807) is 16.7 Å². The largest absolute Gasteiger partial charge is 0.464 e. The van der Waals surface area contributed by atoms with E-state index in [0.29, 0.717) is 0 Å². The van der Waals surface area contributed by atoms with Crippen LogP contribution in [-0.2, 0) is 23.9 Å². The lowest BCUT2D eigenvalue weighted by atomic mass is 10.1. The summed E-state index contributed by atoms with van der Waals surface area (Å²) in [5.74, 6) is -1.59. The molecule has 8 heteroatoms. The number of anilines is 1. The van der Waals surface area contributed by atoms with Gasteiger partial charge in [0.1, 0.15) is 6.61 Å². The van der Waals surface area contributed by atoms with E-state index < -0.39 is 11.9 Å². The van der Waals surface area contributed by atoms with Gasteiger partial charge in [-0.25, -0.2) is 0 Å². The second-order valence-electron chi connectivity index (χ2n) is 6.21. The Bertz CT molecular complexity index is 718. The standard InChI is InChI=1S/C18H20N2O5S/c1-26-14-4-2-13(3-5-14)20-11-12(10-17(20)23)18(24)25-9-8-19-15(21)6-7-16(19)22/h2-5,12H,6-11H2,1H3/t12-/m0/s1. The van der Waals surface area contributed by atoms with Gasteiger partial charge in [0.2, 0.25) is 17.7 Å². The fourth-order valence-electron chi connectivity index (χ4n) is 3.10. The van der Waals surface area contributed by atoms with Crippen molar-refractivity contribution in [1.82, 2.24) is 4.90 Å². The third-order valence-electron chi connectivity index (χ3n) is 4.56. The Morgan fingerprint density at radius 1 is 1.12 bits per heavy atom. The van der Waals surface area contributed by atoms with Crippen LogP contribution in [0.4, 0.5) is 5.69 Å². The summed E-state index contributed by atoms with van der Waals surface area (Å²) in [5.41, 5.74) is 0.761. The zero-order chi connectivity index (χ0) is 18.7. The number of esters is 1. The maximum Gasteiger partial charge on any atom is 0.311 e. The van der Waals surface area contributed by atoms with E-state index in [0.717, 1.165) is 15.5 Å². The van der Waals surface area contributed by atoms with E-state index >= 15 is 0 Å². The number of imide groups is 1. The van der Waals surface area contributed by atoms with Crippen LogP contribution in [0, 0.1) is 5.92 Å². The van der Waals surface area contributed by atoms with Gasteiger partial charge >= 0.3 is 5.97 Å². The van der Waals surface area contributed by atoms with Gasteiger partial charge in [-0.05, 0) is 30.5 Å². The van der Waals surface area contributed by atoms with Crippen molar-refractivity contribution in [3.05, 3.63) is 24.3 Å². The van der Waals surface area contributed by atoms with Gasteiger partial charge in [-0.15, -0.1) is 11.8 Å². The molecule has 138 valence electrons. The minimum Gasteiger partial charge on any atom is -0.464 e. The van der Waals surface area contributed by atoms with Crippen LogP contribution in [0.3, 0.4) is 0 Å². The summed E-state index contributed by atoms with van der Waals surface area (Å²) < 4.78 is 5.19. The predicted octanol–water partition coefficient (Wildman–Crippen LogP) is 1.45. The van der Waals surface area contributed by atoms with Gasteiger partial charge < -0.3 is 9.64 Å². The van der Waals surface area contributed by atoms with Gasteiger partial charge in [-0.3, -0.25) is 24.1 Å². The molecule has 1 aromatic rings. The first-order valence-electron chi connectivity index (χ1n) is 8.44. The van der Waals surface area contributed by atoms with E-state index in [2.05, 4.69) is 0 Å². The first-order chi connectivity index (χ1) is 12.5. The molecule has 7 nitrogen and oxygen atoms in total. The lowest BCUT2D eigenvalue weighted by Crippen LogP contribution is -2.33. The van der Waals surface area contributed by atoms with E-state index in [1.165, 1.54) is 0 Å². The molecule has 2 heterocycles. The number of likely N-dealkylation sites (tertiary alicyclic amines) is 1. The molecule has 2 saturated heterocycles. The molecule has 0 aromatic heterocycles. The van der Waals surface area contributed by atoms with Gasteiger partial charge in [-0.2, -0.15) is 0 Å². The molecule has 1 aromatic carbocycles. The number of amides is 3. The highest BCUT2D eigenvalue weighted by Crippen LogP contribution is 2.27. The minimum absolute atomic E-state index is 0.0383. The SMILES string of the molecule is CSc1ccc(N2C[C@@H](C(=O)OCCN3C(=O)CCC3=O)CC2=O)cc1. The van der Waals surface area contributed by atoms with Crippen molar-refractivity contribution in [3.63, 3.8) is 0 Å². The maximum atomic E-state index is 12.2. The lowest BCUT2D eigenvalue weighted by molar-refractivity contribution is -0.151. The summed E-state index contributed by atoms with van der Waals surface area (Å²) in [6.45, 7) is 0.311. The fraction of sp³-hybridized carbons (Fsp3) is 0.444. The van der Waals surface area contributed by atoms with Gasteiger partial charge in [-0.1, -0.05) is 0 Å². The Hall–Kier alpha value is -2.35. The molecule has 2 aliphatic heterocycles. The quantitative estimate of drug-likeness (QED) is 0.425. The third-order valence-corrected chi connectivity index (χ3v) is 5.30. The molecule has 26 heavy (non-hydrogen) atoms. The topological polar surface area (TPSA) is 84.0 Å². The molecule has 0 bridgehead atoms. The summed E-state index contributed by atoms with van der Waals surface area (Å²) in [5, 5.41) is 0. The van der Waals surface area contributed by atoms with Crippen LogP contribution in [0.5, 0.6) is 0 Å². The highest BCUT2D eigenvalue weighted by Gasteiger charge is 2.36. The smallest absolute Gasteiger partial charge is 0.311 e. The van der Waals surface area contributed by atoms with Crippen LogP contribution >= 0.6 is 11.8 Å². The Morgan fingerprint density at radius 2 is 1.77 bits per heavy atom. The Balaban J connectivity index is 1.51. The van der Waals surface area contributed by atoms with Gasteiger partial charge in [0.05, 0.1) is 12.5 Å². The monoisotopic (exact) mass is 376 g/mol. The first kappa shape index (κ1) is 18.4. The van der Waals surface area contributed by atoms with Crippen LogP contribution in [0.2, 0.25) is 0 Å². The molecular weight excluding hydrogens is 356 g/mol. The van der Waals surface area contributed by atoms with Crippen molar-refractivity contribution in [2.24, 2.45) is 5.92 Å². The molecule has 0 saturated carbocycles. The number of carbonyl (C=O) groups is 4. The Labute approximate surface area is 155 Å². The molecule has 0 spiro atoms. The number of nitrogens with zero attached hydrogens (tertiary/aromatic N) is 2. The second-order valence-corrected chi connectivity index (χ2v) is 7.09. The van der Waals surface area contributed by atoms with Crippen LogP contribution < -0.4 is 4.90 Å². The Kier molecular flexibility index (Phi) is 5.61. The van der Waals surface area contributed by atoms with E-state index in [-0.39, 0.29) is 56.7 Å². The number of ether oxygens (including phenoxy) is 1. The number of hydrogen-bond acceptors (Lipinski definition) is 6. The number of rotatable bonds is 6. The molecule has 3 amide bonds. The summed E-state index contributed by atoms with van der Waals surface area (Å²) >= 11 is 1.62. The van der Waals surface area contributed by atoms with Crippen molar-refractivity contribution < 1.29 is 23.9 Å². The summed E-state index contributed by atoms with van der Waals surface area (Å²) in [4.78, 5) is 51.3. The normalized spacial score (nSPS) is 20.2. The summed E-state index contributed by atoms with van der Waals surface area (Å²) in [6, 6.07) is 7.59. The summed E-state index contributed by atoms with van der Waals surface area (Å²) in [7, 11) is 0. The zero-order valence-corrected chi connectivity index (χ0v) is 15.3. The maximum absolute atomic E-state index is 12.2. The Morgan fingerprint density at radius 3 is 2.38 bits per heavy atom. The molecular formula is C18H20N2O5S. The van der Waals surface area contributed by atoms with Crippen molar-refractivity contribution in [2.45, 2.75) is 24.2 Å². The average Bonchev–Trinajstić information content (AvgIpc) is 3.18. The molecule has 2 aliphatic rings. The molecule has 0 N–H and O–H groups in total. The zero-order valence-electron chi connectivity index (χ0n) is 14.5. The fourth-order valence-corrected chi connectivity index (χ4v) is 3.51. The molecule has 0 aliphatic carbocycles. The highest BCUT2D eigenvalue weighted by molar-refractivity contribution is 7.98. The first-order valence-corrected chi connectivity index (χ1v) is 9.66. The van der Waals surface area contributed by atoms with Crippen LogP contribution in [0.15, 0.2) is 29.2 Å². The molecule has 0 radical (unpaired) electrons. The van der Waals surface area contributed by atoms with Gasteiger partial charge in [0.25, 0.3) is 0 Å². The van der Waals surface area contributed by atoms with Gasteiger partial charge in [0.15, 0.2) is 0 Å². The van der Waals surface area contributed by atoms with Gasteiger partial charge in [0, 0.05) is 36.4 Å². The molecule has 3 rings (SSSR count). The van der Waals surface area contributed by atoms with E-state index in [1.807, 2.05) is 30.5 Å². The van der Waals surface area contributed by atoms with Crippen molar-refractivity contribution in [3.8, 4) is 0 Å². The number of hydrogen-bond donors (Lipinski definition) is 0. The van der Waals surface area contributed by atoms with Crippen LogP contribution in [0.1, 0.15) is 19.3 Å². The van der Waals surface area contributed by atoms with E-state index in [9.17, 15) is 19.2 Å². The highest BCUT2D eigenvalue weighted by atomic mass is 32.2. The molecule has 2 fully saturated rings. The number of thioether (sulfide) groups is 1. The minimum atomic E-state index is -0.535. The third kappa shape index (κ3) is 3.90. The van der Waals surface area contributed by atoms with Crippen LogP contribution in [-0.4, -0.2) is 54.5 Å². The van der Waals surface area contributed by atoms with Crippen molar-refractivity contribution >= 4 is 41.1 Å². The lowest BCUT2D eigenvalue weighted by Gasteiger charge is -2.17. The van der Waals surface area contributed by atoms with Crippen molar-refractivity contribution in [1.29, 1.82) is 0 Å². The van der Waals surface area contributed by atoms with Crippen LogP contribution in [0.25, 0.3) is 0 Å². The van der Waals surface area contributed by atoms with Crippen molar-refractivity contribution in [2.75, 3.05) is 30.9 Å². The predicted molar refractivity (Wildman–Crippen MR) is 95.6 cm³/mol. The number of benzene rings is 1. The number of carbonyl (C=O) groups excluding carboxylic acids is 4. The summed E-state index contributed by atoms with van der Waals surface area (Å²) in [6.07, 6.45) is 2.51. The molecule has 1 atom stereocenters. The second kappa shape index (κ2) is 7.90.